The van der Waals surface area contributed by atoms with Gasteiger partial charge in [0.05, 0.1) is 10.9 Å². The summed E-state index contributed by atoms with van der Waals surface area (Å²) in [6.07, 6.45) is 1.03. The van der Waals surface area contributed by atoms with Gasteiger partial charge in [-0.15, -0.1) is 0 Å². The van der Waals surface area contributed by atoms with Gasteiger partial charge in [0, 0.05) is 19.7 Å². The fourth-order valence-electron chi connectivity index (χ4n) is 3.18. The summed E-state index contributed by atoms with van der Waals surface area (Å²) in [6.45, 7) is 8.53. The van der Waals surface area contributed by atoms with Crippen molar-refractivity contribution in [3.05, 3.63) is 65.2 Å². The zero-order valence-corrected chi connectivity index (χ0v) is 19.0. The first-order valence-electron chi connectivity index (χ1n) is 9.94. The van der Waals surface area contributed by atoms with Gasteiger partial charge < -0.3 is 5.32 Å². The third kappa shape index (κ3) is 5.90. The molecule has 1 atom stereocenters. The Labute approximate surface area is 175 Å². The summed E-state index contributed by atoms with van der Waals surface area (Å²) in [5.74, 6) is 0.591. The molecule has 29 heavy (non-hydrogen) atoms. The molecule has 0 aliphatic heterocycles. The standard InChI is InChI=1S/C23H32N2O3S/c1-16(2)15-18-7-9-19(10-8-18)22(17(3)4)24-23(26)20-11-13-21(14-12-20)29(27,28)25(5)6/h7-14,16-17,22H,15H2,1-6H3,(H,24,26). The van der Waals surface area contributed by atoms with Gasteiger partial charge >= 0.3 is 0 Å². The van der Waals surface area contributed by atoms with Crippen LogP contribution >= 0.6 is 0 Å². The largest absolute Gasteiger partial charge is 0.345 e. The quantitative estimate of drug-likeness (QED) is 0.699. The molecule has 2 aromatic rings. The predicted octanol–water partition coefficient (Wildman–Crippen LogP) is 4.26. The molecule has 6 heteroatoms. The van der Waals surface area contributed by atoms with Crippen LogP contribution in [0.3, 0.4) is 0 Å². The molecule has 0 radical (unpaired) electrons. The highest BCUT2D eigenvalue weighted by atomic mass is 32.2. The number of carbonyl (C=O) groups is 1. The van der Waals surface area contributed by atoms with E-state index in [0.717, 1.165) is 16.3 Å². The molecule has 158 valence electrons. The Morgan fingerprint density at radius 3 is 1.93 bits per heavy atom. The third-order valence-corrected chi connectivity index (χ3v) is 6.66. The van der Waals surface area contributed by atoms with Crippen molar-refractivity contribution in [3.8, 4) is 0 Å². The van der Waals surface area contributed by atoms with E-state index in [9.17, 15) is 13.2 Å². The Morgan fingerprint density at radius 1 is 0.931 bits per heavy atom. The van der Waals surface area contributed by atoms with E-state index >= 15 is 0 Å². The minimum Gasteiger partial charge on any atom is -0.345 e. The number of nitrogens with zero attached hydrogens (tertiary/aromatic N) is 1. The van der Waals surface area contributed by atoms with Crippen molar-refractivity contribution in [1.29, 1.82) is 0 Å². The lowest BCUT2D eigenvalue weighted by Gasteiger charge is -2.23. The molecule has 0 fully saturated rings. The lowest BCUT2D eigenvalue weighted by molar-refractivity contribution is 0.0925. The zero-order chi connectivity index (χ0) is 21.8. The first-order valence-corrected chi connectivity index (χ1v) is 11.4. The maximum atomic E-state index is 12.8. The minimum atomic E-state index is -3.51. The van der Waals surface area contributed by atoms with E-state index in [4.69, 9.17) is 0 Å². The van der Waals surface area contributed by atoms with E-state index in [1.165, 1.54) is 31.8 Å². The van der Waals surface area contributed by atoms with E-state index in [-0.39, 0.29) is 22.8 Å². The van der Waals surface area contributed by atoms with Gasteiger partial charge in [-0.25, -0.2) is 12.7 Å². The average molecular weight is 417 g/mol. The SMILES string of the molecule is CC(C)Cc1ccc(C(NC(=O)c2ccc(S(=O)(=O)N(C)C)cc2)C(C)C)cc1. The van der Waals surface area contributed by atoms with Crippen LogP contribution in [-0.4, -0.2) is 32.7 Å². The van der Waals surface area contributed by atoms with Gasteiger partial charge in [-0.3, -0.25) is 4.79 Å². The molecule has 0 spiro atoms. The van der Waals surface area contributed by atoms with Gasteiger partial charge in [-0.05, 0) is 53.6 Å². The molecule has 2 aromatic carbocycles. The molecule has 1 unspecified atom stereocenters. The topological polar surface area (TPSA) is 66.5 Å². The molecule has 0 aliphatic carbocycles. The van der Waals surface area contributed by atoms with Crippen molar-refractivity contribution >= 4 is 15.9 Å². The Bertz CT molecular complexity index is 916. The summed E-state index contributed by atoms with van der Waals surface area (Å²) in [5.41, 5.74) is 2.78. The predicted molar refractivity (Wildman–Crippen MR) is 117 cm³/mol. The fraction of sp³-hybridized carbons (Fsp3) is 0.435. The number of nitrogens with one attached hydrogen (secondary N) is 1. The van der Waals surface area contributed by atoms with Crippen molar-refractivity contribution in [2.45, 2.75) is 45.1 Å². The van der Waals surface area contributed by atoms with Crippen LogP contribution in [-0.2, 0) is 16.4 Å². The molecule has 0 bridgehead atoms. The Kier molecular flexibility index (Phi) is 7.60. The van der Waals surface area contributed by atoms with Crippen LogP contribution in [0.5, 0.6) is 0 Å². The van der Waals surface area contributed by atoms with Crippen LogP contribution < -0.4 is 5.32 Å². The van der Waals surface area contributed by atoms with Crippen LogP contribution in [0.2, 0.25) is 0 Å². The normalized spacial score (nSPS) is 13.1. The summed E-state index contributed by atoms with van der Waals surface area (Å²) in [6, 6.07) is 14.3. The maximum Gasteiger partial charge on any atom is 0.251 e. The molecule has 0 aliphatic rings. The average Bonchev–Trinajstić information content (AvgIpc) is 2.66. The van der Waals surface area contributed by atoms with Crippen LogP contribution in [0, 0.1) is 11.8 Å². The second kappa shape index (κ2) is 9.55. The lowest BCUT2D eigenvalue weighted by atomic mass is 9.93. The third-order valence-electron chi connectivity index (χ3n) is 4.83. The Morgan fingerprint density at radius 2 is 1.48 bits per heavy atom. The van der Waals surface area contributed by atoms with Gasteiger partial charge in [0.25, 0.3) is 5.91 Å². The number of sulfonamides is 1. The number of amides is 1. The molecular formula is C23H32N2O3S. The number of hydrogen-bond acceptors (Lipinski definition) is 3. The maximum absolute atomic E-state index is 12.8. The van der Waals surface area contributed by atoms with Gasteiger partial charge in [0.1, 0.15) is 0 Å². The molecule has 5 nitrogen and oxygen atoms in total. The van der Waals surface area contributed by atoms with Crippen molar-refractivity contribution in [1.82, 2.24) is 9.62 Å². The van der Waals surface area contributed by atoms with Crippen molar-refractivity contribution < 1.29 is 13.2 Å². The number of rotatable bonds is 8. The highest BCUT2D eigenvalue weighted by Crippen LogP contribution is 2.24. The fourth-order valence-corrected chi connectivity index (χ4v) is 4.08. The van der Waals surface area contributed by atoms with Crippen molar-refractivity contribution in [2.75, 3.05) is 14.1 Å². The summed E-state index contributed by atoms with van der Waals surface area (Å²) < 4.78 is 25.5. The smallest absolute Gasteiger partial charge is 0.251 e. The van der Waals surface area contributed by atoms with E-state index in [1.807, 2.05) is 0 Å². The Hall–Kier alpha value is -2.18. The minimum absolute atomic E-state index is 0.124. The molecule has 1 N–H and O–H groups in total. The molecule has 2 rings (SSSR count). The molecule has 0 aromatic heterocycles. The van der Waals surface area contributed by atoms with Crippen LogP contribution in [0.15, 0.2) is 53.4 Å². The molecule has 0 saturated heterocycles. The number of hydrogen-bond donors (Lipinski definition) is 1. The second-order valence-corrected chi connectivity index (χ2v) is 10.5. The summed E-state index contributed by atoms with van der Waals surface area (Å²) >= 11 is 0. The van der Waals surface area contributed by atoms with Crippen LogP contribution in [0.4, 0.5) is 0 Å². The number of carbonyl (C=O) groups excluding carboxylic acids is 1. The van der Waals surface area contributed by atoms with E-state index in [2.05, 4.69) is 57.3 Å². The Balaban J connectivity index is 2.17. The first-order chi connectivity index (χ1) is 13.5. The van der Waals surface area contributed by atoms with E-state index < -0.39 is 10.0 Å². The molecule has 0 heterocycles. The van der Waals surface area contributed by atoms with E-state index in [1.54, 1.807) is 12.1 Å². The monoisotopic (exact) mass is 416 g/mol. The number of benzene rings is 2. The highest BCUT2D eigenvalue weighted by Gasteiger charge is 2.21. The molecular weight excluding hydrogens is 384 g/mol. The zero-order valence-electron chi connectivity index (χ0n) is 18.1. The highest BCUT2D eigenvalue weighted by molar-refractivity contribution is 7.89. The van der Waals surface area contributed by atoms with Crippen LogP contribution in [0.25, 0.3) is 0 Å². The van der Waals surface area contributed by atoms with Crippen molar-refractivity contribution in [2.24, 2.45) is 11.8 Å². The summed E-state index contributed by atoms with van der Waals surface area (Å²) in [5, 5.41) is 3.09. The summed E-state index contributed by atoms with van der Waals surface area (Å²) in [4.78, 5) is 12.9. The second-order valence-electron chi connectivity index (χ2n) is 8.35. The first kappa shape index (κ1) is 23.1. The van der Waals surface area contributed by atoms with E-state index in [0.29, 0.717) is 11.5 Å². The summed E-state index contributed by atoms with van der Waals surface area (Å²) in [7, 11) is -0.547. The lowest BCUT2D eigenvalue weighted by Crippen LogP contribution is -2.31. The van der Waals surface area contributed by atoms with Gasteiger partial charge in [-0.2, -0.15) is 0 Å². The van der Waals surface area contributed by atoms with Gasteiger partial charge in [0.15, 0.2) is 0 Å². The van der Waals surface area contributed by atoms with Gasteiger partial charge in [-0.1, -0.05) is 52.0 Å². The van der Waals surface area contributed by atoms with Crippen molar-refractivity contribution in [3.63, 3.8) is 0 Å². The van der Waals surface area contributed by atoms with Crippen LogP contribution in [0.1, 0.15) is 55.2 Å². The molecule has 0 saturated carbocycles. The van der Waals surface area contributed by atoms with Gasteiger partial charge in [0.2, 0.25) is 10.0 Å². The molecule has 1 amide bonds.